The SMILES string of the molecule is C=C(C)C1CC=C(C(=O)OC)CCC2OC2(COC(=O)C(C)C)C(OC(C)=O)C1. The standard InChI is InChI=1S/C22H32O7/c1-13(2)17-8-7-16(21(25)26-6)9-10-18-22(29-18,12-27-20(24)14(3)4)19(11-17)28-15(5)23/h7,14,17-19H,1,8-12H2,2-6H3. The lowest BCUT2D eigenvalue weighted by Gasteiger charge is -2.29. The van der Waals surface area contributed by atoms with Crippen LogP contribution in [0.2, 0.25) is 0 Å². The van der Waals surface area contributed by atoms with Crippen molar-refractivity contribution in [2.24, 2.45) is 11.8 Å². The Kier molecular flexibility index (Phi) is 7.63. The summed E-state index contributed by atoms with van der Waals surface area (Å²) in [5.41, 5.74) is 0.602. The van der Waals surface area contributed by atoms with Gasteiger partial charge in [0.15, 0.2) is 5.60 Å². The average molecular weight is 408 g/mol. The van der Waals surface area contributed by atoms with Gasteiger partial charge in [-0.05, 0) is 38.5 Å². The summed E-state index contributed by atoms with van der Waals surface area (Å²) in [6.07, 6.45) is 3.07. The highest BCUT2D eigenvalue weighted by Gasteiger charge is 2.64. The average Bonchev–Trinajstić information content (AvgIpc) is 3.37. The fourth-order valence-corrected chi connectivity index (χ4v) is 3.68. The Labute approximate surface area is 172 Å². The quantitative estimate of drug-likeness (QED) is 0.289. The number of methoxy groups -OCH3 is 1. The summed E-state index contributed by atoms with van der Waals surface area (Å²) >= 11 is 0. The van der Waals surface area contributed by atoms with Gasteiger partial charge >= 0.3 is 17.9 Å². The van der Waals surface area contributed by atoms with Crippen molar-refractivity contribution in [1.29, 1.82) is 0 Å². The first-order valence-electron chi connectivity index (χ1n) is 10.0. The number of hydrogen-bond donors (Lipinski definition) is 0. The molecule has 0 saturated carbocycles. The summed E-state index contributed by atoms with van der Waals surface area (Å²) in [6.45, 7) is 10.8. The highest BCUT2D eigenvalue weighted by molar-refractivity contribution is 5.88. The molecule has 0 aromatic rings. The summed E-state index contributed by atoms with van der Waals surface area (Å²) in [5.74, 6) is -1.41. The van der Waals surface area contributed by atoms with Crippen LogP contribution in [0.1, 0.15) is 53.4 Å². The molecule has 29 heavy (non-hydrogen) atoms. The van der Waals surface area contributed by atoms with E-state index in [0.717, 1.165) is 5.57 Å². The lowest BCUT2D eigenvalue weighted by Crippen LogP contribution is -2.42. The van der Waals surface area contributed by atoms with E-state index in [1.165, 1.54) is 14.0 Å². The van der Waals surface area contributed by atoms with Crippen LogP contribution in [0.4, 0.5) is 0 Å². The summed E-state index contributed by atoms with van der Waals surface area (Å²) in [7, 11) is 1.36. The third kappa shape index (κ3) is 5.69. The molecule has 0 amide bonds. The molecule has 4 unspecified atom stereocenters. The first-order valence-corrected chi connectivity index (χ1v) is 10.0. The molecule has 7 heteroatoms. The van der Waals surface area contributed by atoms with Crippen LogP contribution in [0.25, 0.3) is 0 Å². The Morgan fingerprint density at radius 1 is 1.31 bits per heavy atom. The van der Waals surface area contributed by atoms with Crippen molar-refractivity contribution in [3.63, 3.8) is 0 Å². The fourth-order valence-electron chi connectivity index (χ4n) is 3.68. The summed E-state index contributed by atoms with van der Waals surface area (Å²) in [6, 6.07) is 0. The van der Waals surface area contributed by atoms with Gasteiger partial charge in [-0.25, -0.2) is 4.79 Å². The molecule has 1 aliphatic carbocycles. The van der Waals surface area contributed by atoms with Crippen LogP contribution in [-0.4, -0.2) is 49.4 Å². The number of fused-ring (bicyclic) bond motifs is 1. The van der Waals surface area contributed by atoms with Crippen LogP contribution in [0.3, 0.4) is 0 Å². The first kappa shape index (κ1) is 23.1. The molecular formula is C22H32O7. The van der Waals surface area contributed by atoms with Crippen molar-refractivity contribution >= 4 is 17.9 Å². The van der Waals surface area contributed by atoms with Crippen molar-refractivity contribution < 1.29 is 33.3 Å². The normalized spacial score (nSPS) is 29.2. The van der Waals surface area contributed by atoms with Gasteiger partial charge in [-0.2, -0.15) is 0 Å². The molecule has 0 bridgehead atoms. The number of epoxide rings is 1. The molecule has 7 nitrogen and oxygen atoms in total. The van der Waals surface area contributed by atoms with Crippen LogP contribution in [-0.2, 0) is 33.3 Å². The van der Waals surface area contributed by atoms with Gasteiger partial charge in [-0.3, -0.25) is 9.59 Å². The van der Waals surface area contributed by atoms with Gasteiger partial charge in [-0.1, -0.05) is 32.1 Å². The molecule has 0 radical (unpaired) electrons. The van der Waals surface area contributed by atoms with Gasteiger partial charge in [0.1, 0.15) is 12.7 Å². The number of carbonyl (C=O) groups is 3. The molecule has 4 atom stereocenters. The third-order valence-corrected chi connectivity index (χ3v) is 5.58. The van der Waals surface area contributed by atoms with E-state index in [2.05, 4.69) is 6.58 Å². The maximum absolute atomic E-state index is 12.1. The van der Waals surface area contributed by atoms with E-state index in [1.807, 2.05) is 13.0 Å². The van der Waals surface area contributed by atoms with Gasteiger partial charge in [0, 0.05) is 12.5 Å². The molecule has 0 spiro atoms. The molecule has 0 aromatic heterocycles. The number of allylic oxidation sites excluding steroid dienone is 2. The fraction of sp³-hybridized carbons (Fsp3) is 0.682. The summed E-state index contributed by atoms with van der Waals surface area (Å²) < 4.78 is 22.0. The van der Waals surface area contributed by atoms with Gasteiger partial charge in [0.2, 0.25) is 0 Å². The van der Waals surface area contributed by atoms with E-state index >= 15 is 0 Å². The van der Waals surface area contributed by atoms with E-state index in [1.54, 1.807) is 13.8 Å². The second-order valence-electron chi connectivity index (χ2n) is 8.20. The molecule has 0 aromatic carbocycles. The van der Waals surface area contributed by atoms with Crippen LogP contribution in [0, 0.1) is 11.8 Å². The van der Waals surface area contributed by atoms with Gasteiger partial charge < -0.3 is 18.9 Å². The van der Waals surface area contributed by atoms with Crippen molar-refractivity contribution in [2.75, 3.05) is 13.7 Å². The molecule has 1 saturated heterocycles. The monoisotopic (exact) mass is 408 g/mol. The van der Waals surface area contributed by atoms with Gasteiger partial charge in [0.05, 0.1) is 19.1 Å². The zero-order chi connectivity index (χ0) is 21.8. The van der Waals surface area contributed by atoms with E-state index in [4.69, 9.17) is 18.9 Å². The number of carbonyl (C=O) groups excluding carboxylic acids is 3. The molecular weight excluding hydrogens is 376 g/mol. The smallest absolute Gasteiger partial charge is 0.333 e. The highest BCUT2D eigenvalue weighted by Crippen LogP contribution is 2.48. The predicted octanol–water partition coefficient (Wildman–Crippen LogP) is 3.12. The van der Waals surface area contributed by atoms with Crippen molar-refractivity contribution in [3.05, 3.63) is 23.8 Å². The second kappa shape index (κ2) is 9.57. The minimum atomic E-state index is -0.900. The van der Waals surface area contributed by atoms with Gasteiger partial charge in [-0.15, -0.1) is 0 Å². The first-order chi connectivity index (χ1) is 13.6. The van der Waals surface area contributed by atoms with E-state index < -0.39 is 17.7 Å². The van der Waals surface area contributed by atoms with Crippen LogP contribution < -0.4 is 0 Å². The lowest BCUT2D eigenvalue weighted by molar-refractivity contribution is -0.157. The Morgan fingerprint density at radius 2 is 2.00 bits per heavy atom. The maximum atomic E-state index is 12.1. The number of hydrogen-bond acceptors (Lipinski definition) is 7. The number of rotatable bonds is 6. The van der Waals surface area contributed by atoms with E-state index in [9.17, 15) is 14.4 Å². The molecule has 0 N–H and O–H groups in total. The minimum absolute atomic E-state index is 0.00675. The Hall–Kier alpha value is -2.15. The van der Waals surface area contributed by atoms with Crippen molar-refractivity contribution in [2.45, 2.75) is 71.2 Å². The molecule has 1 heterocycles. The van der Waals surface area contributed by atoms with Crippen molar-refractivity contribution in [1.82, 2.24) is 0 Å². The Bertz CT molecular complexity index is 693. The molecule has 1 aliphatic heterocycles. The lowest BCUT2D eigenvalue weighted by atomic mass is 9.83. The molecule has 2 aliphatic rings. The highest BCUT2D eigenvalue weighted by atomic mass is 16.7. The molecule has 2 rings (SSSR count). The Balaban J connectivity index is 2.33. The largest absolute Gasteiger partial charge is 0.466 e. The number of esters is 3. The zero-order valence-corrected chi connectivity index (χ0v) is 18.0. The maximum Gasteiger partial charge on any atom is 0.333 e. The number of ether oxygens (including phenoxy) is 4. The molecule has 1 fully saturated rings. The summed E-state index contributed by atoms with van der Waals surface area (Å²) in [5, 5.41) is 0. The molecule has 162 valence electrons. The van der Waals surface area contributed by atoms with E-state index in [0.29, 0.717) is 31.3 Å². The van der Waals surface area contributed by atoms with Crippen LogP contribution in [0.15, 0.2) is 23.8 Å². The summed E-state index contributed by atoms with van der Waals surface area (Å²) in [4.78, 5) is 35.9. The van der Waals surface area contributed by atoms with Crippen LogP contribution >= 0.6 is 0 Å². The van der Waals surface area contributed by atoms with E-state index in [-0.39, 0.29) is 36.5 Å². The second-order valence-corrected chi connectivity index (χ2v) is 8.20. The minimum Gasteiger partial charge on any atom is -0.466 e. The topological polar surface area (TPSA) is 91.4 Å². The van der Waals surface area contributed by atoms with Crippen molar-refractivity contribution in [3.8, 4) is 0 Å². The zero-order valence-electron chi connectivity index (χ0n) is 18.0. The Morgan fingerprint density at radius 3 is 2.55 bits per heavy atom. The third-order valence-electron chi connectivity index (χ3n) is 5.58. The predicted molar refractivity (Wildman–Crippen MR) is 106 cm³/mol. The van der Waals surface area contributed by atoms with Gasteiger partial charge in [0.25, 0.3) is 0 Å². The van der Waals surface area contributed by atoms with Crippen LogP contribution in [0.5, 0.6) is 0 Å².